The van der Waals surface area contributed by atoms with Gasteiger partial charge in [-0.2, -0.15) is 0 Å². The van der Waals surface area contributed by atoms with Crippen LogP contribution in [0.1, 0.15) is 11.1 Å². The Hall–Kier alpha value is -1.61. The molecule has 0 aliphatic heterocycles. The van der Waals surface area contributed by atoms with Crippen LogP contribution in [-0.2, 0) is 9.84 Å². The number of hydrogen-bond acceptors (Lipinski definition) is 2. The van der Waals surface area contributed by atoms with E-state index in [0.29, 0.717) is 9.79 Å². The summed E-state index contributed by atoms with van der Waals surface area (Å²) in [5.74, 6) is 0. The van der Waals surface area contributed by atoms with Crippen molar-refractivity contribution in [2.45, 2.75) is 23.6 Å². The van der Waals surface area contributed by atoms with Crippen molar-refractivity contribution < 1.29 is 8.42 Å². The van der Waals surface area contributed by atoms with Crippen LogP contribution >= 0.6 is 0 Å². The molecule has 0 spiro atoms. The van der Waals surface area contributed by atoms with Crippen molar-refractivity contribution in [2.24, 2.45) is 0 Å². The molecular weight excluding hydrogens is 232 g/mol. The molecule has 0 aliphatic rings. The monoisotopic (exact) mass is 245 g/mol. The second kappa shape index (κ2) is 4.34. The summed E-state index contributed by atoms with van der Waals surface area (Å²) in [6.45, 7) is 3.69. The molecule has 0 unspecified atom stereocenters. The molecule has 0 saturated carbocycles. The fraction of sp³-hybridized carbons (Fsp3) is 0.143. The van der Waals surface area contributed by atoms with Crippen molar-refractivity contribution in [1.29, 1.82) is 0 Å². The molecule has 0 fully saturated rings. The first kappa shape index (κ1) is 11.9. The molecule has 0 aliphatic carbocycles. The molecule has 2 nitrogen and oxygen atoms in total. The van der Waals surface area contributed by atoms with Gasteiger partial charge in [-0.25, -0.2) is 8.42 Å². The molecule has 3 heteroatoms. The maximum absolute atomic E-state index is 12.3. The van der Waals surface area contributed by atoms with Crippen molar-refractivity contribution in [1.82, 2.24) is 0 Å². The SMILES string of the molecule is Cc1[c]c(C)cc(S(=O)(=O)c2ccccc2)c1. The van der Waals surface area contributed by atoms with Gasteiger partial charge in [0.2, 0.25) is 9.84 Å². The van der Waals surface area contributed by atoms with E-state index in [1.807, 2.05) is 13.8 Å². The van der Waals surface area contributed by atoms with Crippen LogP contribution in [0.2, 0.25) is 0 Å². The second-order valence-corrected chi connectivity index (χ2v) is 5.95. The highest BCUT2D eigenvalue weighted by Crippen LogP contribution is 2.22. The topological polar surface area (TPSA) is 34.1 Å². The molecule has 2 aromatic rings. The van der Waals surface area contributed by atoms with E-state index in [4.69, 9.17) is 0 Å². The first-order chi connectivity index (χ1) is 8.00. The van der Waals surface area contributed by atoms with E-state index in [0.717, 1.165) is 11.1 Å². The van der Waals surface area contributed by atoms with Crippen molar-refractivity contribution in [3.8, 4) is 0 Å². The quantitative estimate of drug-likeness (QED) is 0.815. The van der Waals surface area contributed by atoms with Gasteiger partial charge in [0, 0.05) is 0 Å². The lowest BCUT2D eigenvalue weighted by Gasteiger charge is -2.06. The largest absolute Gasteiger partial charge is 0.219 e. The van der Waals surface area contributed by atoms with Gasteiger partial charge in [-0.15, -0.1) is 0 Å². The number of benzene rings is 2. The Morgan fingerprint density at radius 3 is 1.94 bits per heavy atom. The van der Waals surface area contributed by atoms with Crippen molar-refractivity contribution in [3.05, 3.63) is 59.7 Å². The smallest absolute Gasteiger partial charge is 0.206 e. The molecule has 0 heterocycles. The van der Waals surface area contributed by atoms with Gasteiger partial charge in [0.05, 0.1) is 9.79 Å². The van der Waals surface area contributed by atoms with Gasteiger partial charge in [0.25, 0.3) is 0 Å². The maximum Gasteiger partial charge on any atom is 0.206 e. The second-order valence-electron chi connectivity index (χ2n) is 4.00. The van der Waals surface area contributed by atoms with Gasteiger partial charge in [0.15, 0.2) is 0 Å². The van der Waals surface area contributed by atoms with Gasteiger partial charge in [-0.1, -0.05) is 18.2 Å². The average molecular weight is 245 g/mol. The predicted octanol–water partition coefficient (Wildman–Crippen LogP) is 2.94. The Balaban J connectivity index is 2.60. The Morgan fingerprint density at radius 1 is 0.882 bits per heavy atom. The zero-order valence-electron chi connectivity index (χ0n) is 9.77. The predicted molar refractivity (Wildman–Crippen MR) is 66.6 cm³/mol. The molecule has 0 N–H and O–H groups in total. The van der Waals surface area contributed by atoms with Crippen LogP contribution in [0.25, 0.3) is 0 Å². The highest BCUT2D eigenvalue weighted by Gasteiger charge is 2.17. The zero-order valence-corrected chi connectivity index (χ0v) is 10.6. The first-order valence-electron chi connectivity index (χ1n) is 5.31. The van der Waals surface area contributed by atoms with E-state index >= 15 is 0 Å². The minimum Gasteiger partial charge on any atom is -0.219 e. The maximum atomic E-state index is 12.3. The number of aryl methyl sites for hydroxylation is 2. The van der Waals surface area contributed by atoms with E-state index in [1.54, 1.807) is 42.5 Å². The molecule has 0 saturated heterocycles. The Bertz CT molecular complexity index is 608. The summed E-state index contributed by atoms with van der Waals surface area (Å²) >= 11 is 0. The van der Waals surface area contributed by atoms with Crippen LogP contribution in [0.15, 0.2) is 52.3 Å². The lowest BCUT2D eigenvalue weighted by molar-refractivity contribution is 0.596. The minimum atomic E-state index is -3.40. The van der Waals surface area contributed by atoms with Crippen LogP contribution in [-0.4, -0.2) is 8.42 Å². The summed E-state index contributed by atoms with van der Waals surface area (Å²) < 4.78 is 24.6. The third kappa shape index (κ3) is 2.39. The highest BCUT2D eigenvalue weighted by atomic mass is 32.2. The normalized spacial score (nSPS) is 11.4. The molecule has 1 radical (unpaired) electrons. The molecule has 87 valence electrons. The minimum absolute atomic E-state index is 0.324. The fourth-order valence-corrected chi connectivity index (χ4v) is 3.19. The molecule has 17 heavy (non-hydrogen) atoms. The fourth-order valence-electron chi connectivity index (χ4n) is 1.74. The molecular formula is C14H13O2S. The molecule has 0 bridgehead atoms. The lowest BCUT2D eigenvalue weighted by atomic mass is 10.2. The van der Waals surface area contributed by atoms with E-state index in [-0.39, 0.29) is 0 Å². The third-order valence-electron chi connectivity index (χ3n) is 2.48. The molecule has 0 amide bonds. The number of sulfone groups is 1. The van der Waals surface area contributed by atoms with Gasteiger partial charge < -0.3 is 0 Å². The molecule has 0 atom stereocenters. The summed E-state index contributed by atoms with van der Waals surface area (Å²) in [5, 5.41) is 0. The summed E-state index contributed by atoms with van der Waals surface area (Å²) in [6, 6.07) is 14.8. The van der Waals surface area contributed by atoms with Crippen LogP contribution in [0.5, 0.6) is 0 Å². The van der Waals surface area contributed by atoms with Gasteiger partial charge >= 0.3 is 0 Å². The van der Waals surface area contributed by atoms with Crippen LogP contribution in [0.3, 0.4) is 0 Å². The summed E-state index contributed by atoms with van der Waals surface area (Å²) in [5.41, 5.74) is 1.67. The summed E-state index contributed by atoms with van der Waals surface area (Å²) in [4.78, 5) is 0.655. The number of hydrogen-bond donors (Lipinski definition) is 0. The van der Waals surface area contributed by atoms with Gasteiger partial charge in [0.1, 0.15) is 0 Å². The molecule has 0 aromatic heterocycles. The van der Waals surface area contributed by atoms with Crippen LogP contribution in [0, 0.1) is 19.9 Å². The van der Waals surface area contributed by atoms with Gasteiger partial charge in [-0.05, 0) is 55.3 Å². The van der Waals surface area contributed by atoms with Crippen molar-refractivity contribution in [2.75, 3.05) is 0 Å². The molecule has 2 rings (SSSR count). The Kier molecular flexibility index (Phi) is 3.03. The van der Waals surface area contributed by atoms with E-state index < -0.39 is 9.84 Å². The lowest BCUT2D eigenvalue weighted by Crippen LogP contribution is -2.02. The Labute approximate surface area is 102 Å². The highest BCUT2D eigenvalue weighted by molar-refractivity contribution is 7.91. The summed E-state index contributed by atoms with van der Waals surface area (Å²) in [6.07, 6.45) is 0. The number of rotatable bonds is 2. The summed E-state index contributed by atoms with van der Waals surface area (Å²) in [7, 11) is -3.40. The van der Waals surface area contributed by atoms with Crippen LogP contribution in [0.4, 0.5) is 0 Å². The van der Waals surface area contributed by atoms with Gasteiger partial charge in [-0.3, -0.25) is 0 Å². The van der Waals surface area contributed by atoms with E-state index in [2.05, 4.69) is 6.07 Å². The van der Waals surface area contributed by atoms with Crippen molar-refractivity contribution >= 4 is 9.84 Å². The average Bonchev–Trinajstić information content (AvgIpc) is 2.29. The van der Waals surface area contributed by atoms with E-state index in [1.165, 1.54) is 0 Å². The van der Waals surface area contributed by atoms with Crippen LogP contribution < -0.4 is 0 Å². The first-order valence-corrected chi connectivity index (χ1v) is 6.79. The van der Waals surface area contributed by atoms with E-state index in [9.17, 15) is 8.42 Å². The Morgan fingerprint density at radius 2 is 1.41 bits per heavy atom. The standard InChI is InChI=1S/C14H13O2S/c1-11-8-12(2)10-14(9-11)17(15,16)13-6-4-3-5-7-13/h3-7,9-10H,1-2H3. The molecule has 2 aromatic carbocycles. The van der Waals surface area contributed by atoms with Crippen molar-refractivity contribution in [3.63, 3.8) is 0 Å². The third-order valence-corrected chi connectivity index (χ3v) is 4.22. The zero-order chi connectivity index (χ0) is 12.5.